The average Bonchev–Trinajstić information content (AvgIpc) is 3.03. The Bertz CT molecular complexity index is 1210. The highest BCUT2D eigenvalue weighted by molar-refractivity contribution is 6.21. The first-order chi connectivity index (χ1) is 13.6. The van der Waals surface area contributed by atoms with Crippen LogP contribution in [0.1, 0.15) is 20.7 Å². The van der Waals surface area contributed by atoms with E-state index in [4.69, 9.17) is 4.42 Å². The van der Waals surface area contributed by atoms with Crippen molar-refractivity contribution in [3.8, 4) is 11.5 Å². The number of benzene rings is 3. The molecule has 0 aliphatic carbocycles. The van der Waals surface area contributed by atoms with Gasteiger partial charge in [0.05, 0.1) is 22.0 Å². The van der Waals surface area contributed by atoms with E-state index in [1.807, 2.05) is 36.4 Å². The molecule has 0 spiro atoms. The molecule has 6 nitrogen and oxygen atoms in total. The molecule has 0 atom stereocenters. The monoisotopic (exact) mass is 370 g/mol. The molecular formula is C22H14N2O4. The maximum absolute atomic E-state index is 11.8. The van der Waals surface area contributed by atoms with Gasteiger partial charge in [0.1, 0.15) is 0 Å². The second kappa shape index (κ2) is 7.28. The number of carbonyl (C=O) groups is 2. The van der Waals surface area contributed by atoms with Crippen LogP contribution < -0.4 is 10.9 Å². The van der Waals surface area contributed by atoms with Crippen molar-refractivity contribution in [2.45, 2.75) is 0 Å². The molecule has 0 saturated heterocycles. The summed E-state index contributed by atoms with van der Waals surface area (Å²) in [6, 6.07) is 23.3. The summed E-state index contributed by atoms with van der Waals surface area (Å²) < 4.78 is 5.21. The zero-order chi connectivity index (χ0) is 19.5. The lowest BCUT2D eigenvalue weighted by atomic mass is 10.1. The average molecular weight is 370 g/mol. The van der Waals surface area contributed by atoms with Crippen LogP contribution in [0.5, 0.6) is 0 Å². The smallest absolute Gasteiger partial charge is 0.347 e. The van der Waals surface area contributed by atoms with Crippen LogP contribution in [-0.4, -0.2) is 16.8 Å². The maximum atomic E-state index is 11.8. The molecule has 0 unspecified atom stereocenters. The Labute approximate surface area is 159 Å². The molecule has 2 heterocycles. The number of amides is 2. The number of fused-ring (bicyclic) bond motifs is 2. The van der Waals surface area contributed by atoms with Crippen LogP contribution in [0.2, 0.25) is 0 Å². The van der Waals surface area contributed by atoms with Gasteiger partial charge in [0.25, 0.3) is 11.8 Å². The summed E-state index contributed by atoms with van der Waals surface area (Å²) in [7, 11) is 0. The van der Waals surface area contributed by atoms with Crippen LogP contribution in [0.15, 0.2) is 88.1 Å². The van der Waals surface area contributed by atoms with Gasteiger partial charge in [-0.15, -0.1) is 0 Å². The molecule has 0 radical (unpaired) electrons. The fourth-order valence-electron chi connectivity index (χ4n) is 2.84. The van der Waals surface area contributed by atoms with E-state index in [0.29, 0.717) is 27.9 Å². The molecule has 0 saturated carbocycles. The molecule has 136 valence electrons. The molecule has 5 rings (SSSR count). The lowest BCUT2D eigenvalue weighted by molar-refractivity contribution is 0.0879. The van der Waals surface area contributed by atoms with Gasteiger partial charge in [-0.3, -0.25) is 14.9 Å². The van der Waals surface area contributed by atoms with E-state index < -0.39 is 0 Å². The zero-order valence-corrected chi connectivity index (χ0v) is 14.6. The van der Waals surface area contributed by atoms with Gasteiger partial charge in [0, 0.05) is 5.56 Å². The molecule has 1 aliphatic rings. The summed E-state index contributed by atoms with van der Waals surface area (Å²) in [5.41, 5.74) is 2.04. The van der Waals surface area contributed by atoms with Crippen molar-refractivity contribution in [1.82, 2.24) is 10.3 Å². The minimum Gasteiger partial charge on any atom is -0.403 e. The van der Waals surface area contributed by atoms with Gasteiger partial charge in [-0.1, -0.05) is 42.5 Å². The summed E-state index contributed by atoms with van der Waals surface area (Å²) in [4.78, 5) is 38.0. The number of nitrogens with one attached hydrogen (secondary N) is 1. The van der Waals surface area contributed by atoms with Crippen molar-refractivity contribution in [3.05, 3.63) is 100 Å². The molecule has 1 aromatic heterocycles. The summed E-state index contributed by atoms with van der Waals surface area (Å²) >= 11 is 0. The predicted octanol–water partition coefficient (Wildman–Crippen LogP) is 3.43. The molecule has 2 amide bonds. The largest absolute Gasteiger partial charge is 0.403 e. The molecular weight excluding hydrogens is 356 g/mol. The molecule has 0 bridgehead atoms. The Hall–Kier alpha value is -4.06. The molecule has 1 N–H and O–H groups in total. The number of rotatable bonds is 1. The molecule has 3 aromatic carbocycles. The zero-order valence-electron chi connectivity index (χ0n) is 14.6. The summed E-state index contributed by atoms with van der Waals surface area (Å²) in [6.45, 7) is 0. The number of aromatic nitrogens is 1. The predicted molar refractivity (Wildman–Crippen MR) is 104 cm³/mol. The first-order valence-corrected chi connectivity index (χ1v) is 8.53. The number of para-hydroxylation sites is 1. The number of hydrogen-bond acceptors (Lipinski definition) is 5. The van der Waals surface area contributed by atoms with Gasteiger partial charge < -0.3 is 4.42 Å². The number of imide groups is 1. The normalized spacial score (nSPS) is 12.1. The molecule has 6 heteroatoms. The summed E-state index contributed by atoms with van der Waals surface area (Å²) in [5.74, 6) is -0.245. The van der Waals surface area contributed by atoms with E-state index in [1.54, 1.807) is 42.5 Å². The van der Waals surface area contributed by atoms with Crippen LogP contribution in [0, 0.1) is 0 Å². The minimum absolute atomic E-state index is 0.300. The van der Waals surface area contributed by atoms with E-state index in [9.17, 15) is 14.4 Å². The third-order valence-corrected chi connectivity index (χ3v) is 4.20. The Balaban J connectivity index is 0.000000151. The standard InChI is InChI=1S/C14H9NO2.C8H5NO2/c16-14-11-8-4-5-9-12(11)15-13(17-14)10-6-2-1-3-7-10;10-7-5-3-1-2-4-6(5)8(11)9-7/h1-9H;1-4H,(H,9,10,11). The van der Waals surface area contributed by atoms with Crippen molar-refractivity contribution in [3.63, 3.8) is 0 Å². The Morgan fingerprint density at radius 3 is 1.93 bits per heavy atom. The third kappa shape index (κ3) is 3.31. The highest BCUT2D eigenvalue weighted by Crippen LogP contribution is 2.17. The van der Waals surface area contributed by atoms with E-state index in [2.05, 4.69) is 10.3 Å². The molecule has 4 aromatic rings. The van der Waals surface area contributed by atoms with E-state index in [1.165, 1.54) is 0 Å². The first kappa shape index (κ1) is 17.4. The Morgan fingerprint density at radius 1 is 0.679 bits per heavy atom. The summed E-state index contributed by atoms with van der Waals surface area (Å²) in [5, 5.41) is 2.71. The second-order valence-corrected chi connectivity index (χ2v) is 6.02. The second-order valence-electron chi connectivity index (χ2n) is 6.02. The van der Waals surface area contributed by atoms with Crippen LogP contribution in [0.3, 0.4) is 0 Å². The SMILES string of the molecule is O=C1NC(=O)c2ccccc21.O=c1oc(-c2ccccc2)nc2ccccc12. The van der Waals surface area contributed by atoms with E-state index in [-0.39, 0.29) is 17.4 Å². The molecule has 0 fully saturated rings. The topological polar surface area (TPSA) is 89.3 Å². The minimum atomic E-state index is -0.352. The van der Waals surface area contributed by atoms with Crippen LogP contribution >= 0.6 is 0 Å². The number of nitrogens with zero attached hydrogens (tertiary/aromatic N) is 1. The highest BCUT2D eigenvalue weighted by atomic mass is 16.4. The first-order valence-electron chi connectivity index (χ1n) is 8.53. The fourth-order valence-corrected chi connectivity index (χ4v) is 2.84. The van der Waals surface area contributed by atoms with Crippen molar-refractivity contribution >= 4 is 22.7 Å². The molecule has 28 heavy (non-hydrogen) atoms. The van der Waals surface area contributed by atoms with Crippen LogP contribution in [0.25, 0.3) is 22.4 Å². The Morgan fingerprint density at radius 2 is 1.25 bits per heavy atom. The number of carbonyl (C=O) groups excluding carboxylic acids is 2. The molecule has 1 aliphatic heterocycles. The van der Waals surface area contributed by atoms with Gasteiger partial charge in [-0.2, -0.15) is 0 Å². The van der Waals surface area contributed by atoms with Crippen molar-refractivity contribution in [2.24, 2.45) is 0 Å². The maximum Gasteiger partial charge on any atom is 0.347 e. The third-order valence-electron chi connectivity index (χ3n) is 4.20. The van der Waals surface area contributed by atoms with Crippen LogP contribution in [0.4, 0.5) is 0 Å². The van der Waals surface area contributed by atoms with Crippen molar-refractivity contribution < 1.29 is 14.0 Å². The van der Waals surface area contributed by atoms with E-state index >= 15 is 0 Å². The van der Waals surface area contributed by atoms with Crippen LogP contribution in [-0.2, 0) is 0 Å². The lowest BCUT2D eigenvalue weighted by Gasteiger charge is -2.00. The summed E-state index contributed by atoms with van der Waals surface area (Å²) in [6.07, 6.45) is 0. The van der Waals surface area contributed by atoms with Gasteiger partial charge in [-0.05, 0) is 36.4 Å². The van der Waals surface area contributed by atoms with Gasteiger partial charge >= 0.3 is 5.63 Å². The van der Waals surface area contributed by atoms with Gasteiger partial charge in [0.2, 0.25) is 5.89 Å². The number of hydrogen-bond donors (Lipinski definition) is 1. The lowest BCUT2D eigenvalue weighted by Crippen LogP contribution is -2.19. The van der Waals surface area contributed by atoms with E-state index in [0.717, 1.165) is 5.56 Å². The van der Waals surface area contributed by atoms with Gasteiger partial charge in [0.15, 0.2) is 0 Å². The van der Waals surface area contributed by atoms with Gasteiger partial charge in [-0.25, -0.2) is 9.78 Å². The Kier molecular flexibility index (Phi) is 4.51. The van der Waals surface area contributed by atoms with Crippen molar-refractivity contribution in [2.75, 3.05) is 0 Å². The highest BCUT2D eigenvalue weighted by Gasteiger charge is 2.25. The fraction of sp³-hybridized carbons (Fsp3) is 0. The quantitative estimate of drug-likeness (QED) is 0.519. The van der Waals surface area contributed by atoms with Crippen molar-refractivity contribution in [1.29, 1.82) is 0 Å².